The number of aryl methyl sites for hydroxylation is 1. The third-order valence-corrected chi connectivity index (χ3v) is 3.15. The zero-order valence-electron chi connectivity index (χ0n) is 11.5. The smallest absolute Gasteiger partial charge is 0.309 e. The number of carboxylic acid groups (broad SMARTS) is 1. The number of primary amides is 1. The first kappa shape index (κ1) is 15.0. The molecule has 0 spiro atoms. The molecule has 5 nitrogen and oxygen atoms in total. The maximum absolute atomic E-state index is 11.1. The highest BCUT2D eigenvalue weighted by Crippen LogP contribution is 2.21. The van der Waals surface area contributed by atoms with E-state index in [0.29, 0.717) is 18.5 Å². The molecule has 0 aliphatic heterocycles. The summed E-state index contributed by atoms with van der Waals surface area (Å²) in [5.41, 5.74) is 6.62. The highest BCUT2D eigenvalue weighted by molar-refractivity contribution is 5.94. The molecule has 0 saturated heterocycles. The summed E-state index contributed by atoms with van der Waals surface area (Å²) in [5, 5.41) is 12.1. The van der Waals surface area contributed by atoms with Gasteiger partial charge in [-0.25, -0.2) is 0 Å². The average Bonchev–Trinajstić information content (AvgIpc) is 2.28. The van der Waals surface area contributed by atoms with Crippen molar-refractivity contribution < 1.29 is 14.7 Å². The number of carbonyl (C=O) groups is 2. The van der Waals surface area contributed by atoms with Crippen molar-refractivity contribution in [1.82, 2.24) is 0 Å². The van der Waals surface area contributed by atoms with Crippen LogP contribution in [0.2, 0.25) is 0 Å². The molecule has 19 heavy (non-hydrogen) atoms. The lowest BCUT2D eigenvalue weighted by Crippen LogP contribution is -2.26. The molecular formula is C14H20N2O3. The predicted octanol–water partition coefficient (Wildman–Crippen LogP) is 2.01. The van der Waals surface area contributed by atoms with E-state index in [0.717, 1.165) is 11.3 Å². The Bertz CT molecular complexity index is 495. The Kier molecular flexibility index (Phi) is 4.53. The fourth-order valence-electron chi connectivity index (χ4n) is 1.68. The predicted molar refractivity (Wildman–Crippen MR) is 74.2 cm³/mol. The minimum atomic E-state index is -0.811. The summed E-state index contributed by atoms with van der Waals surface area (Å²) in [7, 11) is 0. The first-order valence-corrected chi connectivity index (χ1v) is 6.12. The van der Waals surface area contributed by atoms with Crippen LogP contribution < -0.4 is 11.1 Å². The lowest BCUT2D eigenvalue weighted by molar-refractivity contribution is -0.147. The number of hydrogen-bond donors (Lipinski definition) is 3. The van der Waals surface area contributed by atoms with Crippen LogP contribution in [0, 0.1) is 12.3 Å². The van der Waals surface area contributed by atoms with E-state index in [-0.39, 0.29) is 0 Å². The molecule has 1 rings (SSSR count). The van der Waals surface area contributed by atoms with Gasteiger partial charge in [-0.1, -0.05) is 0 Å². The fraction of sp³-hybridized carbons (Fsp3) is 0.429. The molecule has 0 radical (unpaired) electrons. The lowest BCUT2D eigenvalue weighted by Gasteiger charge is -2.19. The average molecular weight is 264 g/mol. The minimum absolute atomic E-state index is 0.448. The Hall–Kier alpha value is -2.04. The van der Waals surface area contributed by atoms with Gasteiger partial charge in [-0.15, -0.1) is 0 Å². The van der Waals surface area contributed by atoms with Crippen LogP contribution in [0.5, 0.6) is 0 Å². The summed E-state index contributed by atoms with van der Waals surface area (Å²) < 4.78 is 0. The molecule has 0 bridgehead atoms. The number of carboxylic acids is 1. The van der Waals surface area contributed by atoms with Gasteiger partial charge in [-0.3, -0.25) is 9.59 Å². The van der Waals surface area contributed by atoms with Crippen molar-refractivity contribution in [2.75, 3.05) is 11.9 Å². The maximum Gasteiger partial charge on any atom is 0.309 e. The molecule has 0 unspecified atom stereocenters. The number of benzene rings is 1. The highest BCUT2D eigenvalue weighted by atomic mass is 16.4. The van der Waals surface area contributed by atoms with Gasteiger partial charge in [-0.05, 0) is 51.0 Å². The molecular weight excluding hydrogens is 244 g/mol. The van der Waals surface area contributed by atoms with Crippen molar-refractivity contribution in [2.24, 2.45) is 11.1 Å². The molecule has 0 fully saturated rings. The van der Waals surface area contributed by atoms with Gasteiger partial charge in [0.05, 0.1) is 5.41 Å². The zero-order chi connectivity index (χ0) is 14.6. The minimum Gasteiger partial charge on any atom is -0.481 e. The summed E-state index contributed by atoms with van der Waals surface area (Å²) in [4.78, 5) is 22.0. The van der Waals surface area contributed by atoms with E-state index >= 15 is 0 Å². The van der Waals surface area contributed by atoms with Crippen LogP contribution in [0.15, 0.2) is 18.2 Å². The summed E-state index contributed by atoms with van der Waals surface area (Å²) in [6, 6.07) is 5.26. The molecule has 0 saturated carbocycles. The monoisotopic (exact) mass is 264 g/mol. The molecule has 0 aromatic heterocycles. The Morgan fingerprint density at radius 2 is 2.00 bits per heavy atom. The van der Waals surface area contributed by atoms with Gasteiger partial charge in [0.2, 0.25) is 5.91 Å². The fourth-order valence-corrected chi connectivity index (χ4v) is 1.68. The van der Waals surface area contributed by atoms with Gasteiger partial charge in [-0.2, -0.15) is 0 Å². The van der Waals surface area contributed by atoms with Gasteiger partial charge in [0.15, 0.2) is 0 Å². The van der Waals surface area contributed by atoms with E-state index in [2.05, 4.69) is 5.32 Å². The number of aliphatic carboxylic acids is 1. The van der Waals surface area contributed by atoms with Gasteiger partial charge < -0.3 is 16.2 Å². The molecule has 0 heterocycles. The summed E-state index contributed by atoms with van der Waals surface area (Å²) in [5.74, 6) is -1.26. The van der Waals surface area contributed by atoms with E-state index in [9.17, 15) is 9.59 Å². The van der Waals surface area contributed by atoms with Crippen LogP contribution in [-0.2, 0) is 4.79 Å². The molecule has 5 heteroatoms. The van der Waals surface area contributed by atoms with Crippen LogP contribution in [0.1, 0.15) is 36.2 Å². The standard InChI is InChI=1S/C14H20N2O3/c1-9-8-10(4-5-11(9)12(15)17)16-7-6-14(2,3)13(18)19/h4-5,8,16H,6-7H2,1-3H3,(H2,15,17)(H,18,19). The quantitative estimate of drug-likeness (QED) is 0.732. The second-order valence-corrected chi connectivity index (χ2v) is 5.26. The van der Waals surface area contributed by atoms with E-state index in [4.69, 9.17) is 10.8 Å². The number of hydrogen-bond acceptors (Lipinski definition) is 3. The molecule has 1 aromatic rings. The number of nitrogens with one attached hydrogen (secondary N) is 1. The van der Waals surface area contributed by atoms with Crippen molar-refractivity contribution in [2.45, 2.75) is 27.2 Å². The van der Waals surface area contributed by atoms with Crippen molar-refractivity contribution in [3.8, 4) is 0 Å². The van der Waals surface area contributed by atoms with Crippen LogP contribution in [-0.4, -0.2) is 23.5 Å². The first-order valence-electron chi connectivity index (χ1n) is 6.12. The van der Waals surface area contributed by atoms with Gasteiger partial charge >= 0.3 is 5.97 Å². The Morgan fingerprint density at radius 1 is 1.37 bits per heavy atom. The highest BCUT2D eigenvalue weighted by Gasteiger charge is 2.26. The van der Waals surface area contributed by atoms with E-state index in [1.165, 1.54) is 0 Å². The second-order valence-electron chi connectivity index (χ2n) is 5.26. The molecule has 4 N–H and O–H groups in total. The van der Waals surface area contributed by atoms with Crippen molar-refractivity contribution in [3.05, 3.63) is 29.3 Å². The molecule has 1 amide bonds. The van der Waals surface area contributed by atoms with Crippen molar-refractivity contribution in [3.63, 3.8) is 0 Å². The lowest BCUT2D eigenvalue weighted by atomic mass is 9.89. The van der Waals surface area contributed by atoms with E-state index in [1.54, 1.807) is 26.0 Å². The van der Waals surface area contributed by atoms with Crippen LogP contribution in [0.3, 0.4) is 0 Å². The summed E-state index contributed by atoms with van der Waals surface area (Å²) in [6.07, 6.45) is 0.513. The number of amides is 1. The van der Waals surface area contributed by atoms with Gasteiger partial charge in [0.25, 0.3) is 0 Å². The molecule has 104 valence electrons. The number of anilines is 1. The van der Waals surface area contributed by atoms with Crippen molar-refractivity contribution >= 4 is 17.6 Å². The summed E-state index contributed by atoms with van der Waals surface area (Å²) in [6.45, 7) is 5.75. The zero-order valence-corrected chi connectivity index (χ0v) is 11.5. The van der Waals surface area contributed by atoms with Crippen LogP contribution in [0.25, 0.3) is 0 Å². The molecule has 0 aliphatic carbocycles. The van der Waals surface area contributed by atoms with Gasteiger partial charge in [0.1, 0.15) is 0 Å². The topological polar surface area (TPSA) is 92.4 Å². The largest absolute Gasteiger partial charge is 0.481 e. The molecule has 0 atom stereocenters. The Balaban J connectivity index is 2.63. The third-order valence-electron chi connectivity index (χ3n) is 3.15. The molecule has 1 aromatic carbocycles. The van der Waals surface area contributed by atoms with E-state index in [1.807, 2.05) is 13.0 Å². The Labute approximate surface area is 112 Å². The summed E-state index contributed by atoms with van der Waals surface area (Å²) >= 11 is 0. The third kappa shape index (κ3) is 3.98. The number of rotatable bonds is 6. The number of carbonyl (C=O) groups excluding carboxylic acids is 1. The molecule has 0 aliphatic rings. The Morgan fingerprint density at radius 3 is 2.47 bits per heavy atom. The van der Waals surface area contributed by atoms with Crippen molar-refractivity contribution in [1.29, 1.82) is 0 Å². The van der Waals surface area contributed by atoms with Crippen LogP contribution >= 0.6 is 0 Å². The van der Waals surface area contributed by atoms with Gasteiger partial charge in [0, 0.05) is 17.8 Å². The second kappa shape index (κ2) is 5.73. The normalized spacial score (nSPS) is 11.1. The van der Waals surface area contributed by atoms with E-state index < -0.39 is 17.3 Å². The maximum atomic E-state index is 11.1. The number of nitrogens with two attached hydrogens (primary N) is 1. The SMILES string of the molecule is Cc1cc(NCCC(C)(C)C(=O)O)ccc1C(N)=O. The first-order chi connectivity index (χ1) is 8.74. The van der Waals surface area contributed by atoms with Crippen LogP contribution in [0.4, 0.5) is 5.69 Å².